The minimum absolute atomic E-state index is 0.0372. The lowest BCUT2D eigenvalue weighted by Crippen LogP contribution is -2.37. The largest absolute Gasteiger partial charge is 0.756 e. The fourth-order valence-electron chi connectivity index (χ4n) is 6.44. The Hall–Kier alpha value is -1.77. The topological polar surface area (TPSA) is 111 Å². The third-order valence-electron chi connectivity index (χ3n) is 10.2. The number of hydrogen-bond acceptors (Lipinski definition) is 8. The molecule has 10 heteroatoms. The molecule has 0 aliphatic rings. The smallest absolute Gasteiger partial charge is 0.306 e. The van der Waals surface area contributed by atoms with Crippen molar-refractivity contribution in [3.05, 3.63) is 36.5 Å². The second kappa shape index (κ2) is 40.6. The summed E-state index contributed by atoms with van der Waals surface area (Å²) in [4.78, 5) is 37.6. The lowest BCUT2D eigenvalue weighted by molar-refractivity contribution is -0.870. The molecule has 0 spiro atoms. The number of hydrogen-bond donors (Lipinski definition) is 0. The Labute approximate surface area is 357 Å². The Morgan fingerprint density at radius 2 is 0.948 bits per heavy atom. The average molecular weight is 840 g/mol. The van der Waals surface area contributed by atoms with Gasteiger partial charge in [-0.3, -0.25) is 14.2 Å². The van der Waals surface area contributed by atoms with Crippen molar-refractivity contribution < 1.29 is 42.1 Å². The molecule has 340 valence electrons. The molecule has 0 aromatic carbocycles. The third kappa shape index (κ3) is 43.8. The van der Waals surface area contributed by atoms with Crippen molar-refractivity contribution in [2.45, 2.75) is 213 Å². The highest BCUT2D eigenvalue weighted by molar-refractivity contribution is 7.45. The van der Waals surface area contributed by atoms with Crippen LogP contribution in [0, 0.1) is 0 Å². The van der Waals surface area contributed by atoms with Crippen LogP contribution in [0.1, 0.15) is 206 Å². The summed E-state index contributed by atoms with van der Waals surface area (Å²) in [5, 5.41) is 0. The van der Waals surface area contributed by atoms with E-state index < -0.39 is 32.5 Å². The summed E-state index contributed by atoms with van der Waals surface area (Å²) >= 11 is 0. The maximum absolute atomic E-state index is 12.7. The second-order valence-electron chi connectivity index (χ2n) is 17.1. The number of quaternary nitrogens is 1. The molecular weight excluding hydrogens is 750 g/mol. The van der Waals surface area contributed by atoms with Crippen LogP contribution in [-0.2, 0) is 32.7 Å². The summed E-state index contributed by atoms with van der Waals surface area (Å²) in [5.41, 5.74) is 0. The van der Waals surface area contributed by atoms with E-state index in [2.05, 4.69) is 50.3 Å². The number of nitrogens with zero attached hydrogens (tertiary/aromatic N) is 1. The first-order valence-corrected chi connectivity index (χ1v) is 25.2. The van der Waals surface area contributed by atoms with Crippen LogP contribution in [0.4, 0.5) is 0 Å². The number of unbranched alkanes of at least 4 members (excludes halogenated alkanes) is 23. The standard InChI is InChI=1S/C48H90NO8P/c1-6-8-10-12-14-16-18-20-22-24-26-28-30-32-34-36-38-40-47(50)54-44-46(45-56-58(52,53)55-43-42-49(3,4)5)57-48(51)41-39-37-35-33-31-29-27-25-23-21-19-17-15-13-11-9-7-2/h20,22,26,28,32,34,46H,6-19,21,23-25,27,29-31,33,35-45H2,1-5H3/b22-20+,28-26+,34-32+/t46-/m1/s1. The molecule has 0 radical (unpaired) electrons. The number of ether oxygens (including phenoxy) is 2. The fraction of sp³-hybridized carbons (Fsp3) is 0.833. The first-order chi connectivity index (χ1) is 28.0. The van der Waals surface area contributed by atoms with Gasteiger partial charge in [-0.1, -0.05) is 185 Å². The maximum atomic E-state index is 12.7. The molecule has 0 saturated carbocycles. The van der Waals surface area contributed by atoms with Gasteiger partial charge in [0.15, 0.2) is 6.10 Å². The molecule has 0 aromatic rings. The second-order valence-corrected chi connectivity index (χ2v) is 18.5. The highest BCUT2D eigenvalue weighted by atomic mass is 31.2. The lowest BCUT2D eigenvalue weighted by atomic mass is 10.0. The molecule has 0 fully saturated rings. The van der Waals surface area contributed by atoms with Gasteiger partial charge in [-0.25, -0.2) is 0 Å². The number of allylic oxidation sites excluding steroid dienone is 6. The number of phosphoric ester groups is 1. The Balaban J connectivity index is 4.37. The molecule has 0 heterocycles. The summed E-state index contributed by atoms with van der Waals surface area (Å²) in [6.45, 7) is 4.18. The summed E-state index contributed by atoms with van der Waals surface area (Å²) in [6.07, 6.45) is 46.1. The molecule has 0 bridgehead atoms. The molecule has 0 saturated heterocycles. The maximum Gasteiger partial charge on any atom is 0.306 e. The Kier molecular flexibility index (Phi) is 39.4. The first kappa shape index (κ1) is 56.2. The van der Waals surface area contributed by atoms with Gasteiger partial charge >= 0.3 is 11.9 Å². The lowest BCUT2D eigenvalue weighted by Gasteiger charge is -2.28. The van der Waals surface area contributed by atoms with Gasteiger partial charge in [-0.15, -0.1) is 0 Å². The quantitative estimate of drug-likeness (QED) is 0.0196. The molecule has 9 nitrogen and oxygen atoms in total. The first-order valence-electron chi connectivity index (χ1n) is 23.7. The summed E-state index contributed by atoms with van der Waals surface area (Å²) in [5.74, 6) is -0.888. The van der Waals surface area contributed by atoms with Crippen LogP contribution in [-0.4, -0.2) is 70.0 Å². The van der Waals surface area contributed by atoms with E-state index in [-0.39, 0.29) is 26.1 Å². The van der Waals surface area contributed by atoms with Gasteiger partial charge in [0.1, 0.15) is 19.8 Å². The predicted molar refractivity (Wildman–Crippen MR) is 241 cm³/mol. The number of phosphoric acid groups is 1. The number of rotatable bonds is 43. The number of carbonyl (C=O) groups excluding carboxylic acids is 2. The molecule has 0 N–H and O–H groups in total. The van der Waals surface area contributed by atoms with Crippen LogP contribution in [0.15, 0.2) is 36.5 Å². The third-order valence-corrected chi connectivity index (χ3v) is 11.1. The predicted octanol–water partition coefficient (Wildman–Crippen LogP) is 13.1. The molecule has 0 aliphatic carbocycles. The van der Waals surface area contributed by atoms with E-state index in [1.54, 1.807) is 0 Å². The highest BCUT2D eigenvalue weighted by Gasteiger charge is 2.21. The van der Waals surface area contributed by atoms with Gasteiger partial charge < -0.3 is 27.9 Å². The fourth-order valence-corrected chi connectivity index (χ4v) is 7.16. The zero-order valence-electron chi connectivity index (χ0n) is 38.2. The summed E-state index contributed by atoms with van der Waals surface area (Å²) in [6, 6.07) is 0. The zero-order valence-corrected chi connectivity index (χ0v) is 39.1. The molecule has 1 unspecified atom stereocenters. The van der Waals surface area contributed by atoms with E-state index in [4.69, 9.17) is 18.5 Å². The van der Waals surface area contributed by atoms with Crippen LogP contribution in [0.2, 0.25) is 0 Å². The number of likely N-dealkylation sites (N-methyl/N-ethyl adjacent to an activating group) is 1. The zero-order chi connectivity index (χ0) is 42.8. The van der Waals surface area contributed by atoms with Crippen molar-refractivity contribution in [1.29, 1.82) is 0 Å². The Bertz CT molecular complexity index is 1090. The van der Waals surface area contributed by atoms with E-state index in [9.17, 15) is 19.0 Å². The van der Waals surface area contributed by atoms with Crippen molar-refractivity contribution in [2.24, 2.45) is 0 Å². The van der Waals surface area contributed by atoms with Crippen molar-refractivity contribution in [3.63, 3.8) is 0 Å². The Morgan fingerprint density at radius 1 is 0.534 bits per heavy atom. The minimum Gasteiger partial charge on any atom is -0.756 e. The summed E-state index contributed by atoms with van der Waals surface area (Å²) in [7, 11) is 1.14. The van der Waals surface area contributed by atoms with Gasteiger partial charge in [0, 0.05) is 12.8 Å². The van der Waals surface area contributed by atoms with Crippen molar-refractivity contribution in [2.75, 3.05) is 47.5 Å². The van der Waals surface area contributed by atoms with Crippen molar-refractivity contribution >= 4 is 19.8 Å². The van der Waals surface area contributed by atoms with E-state index in [1.165, 1.54) is 122 Å². The number of carbonyl (C=O) groups is 2. The van der Waals surface area contributed by atoms with E-state index in [0.717, 1.165) is 44.9 Å². The van der Waals surface area contributed by atoms with Crippen molar-refractivity contribution in [3.8, 4) is 0 Å². The molecule has 58 heavy (non-hydrogen) atoms. The van der Waals surface area contributed by atoms with E-state index in [1.807, 2.05) is 21.1 Å². The van der Waals surface area contributed by atoms with Crippen LogP contribution in [0.3, 0.4) is 0 Å². The molecule has 0 amide bonds. The van der Waals surface area contributed by atoms with Crippen LogP contribution in [0.5, 0.6) is 0 Å². The minimum atomic E-state index is -4.63. The van der Waals surface area contributed by atoms with Crippen LogP contribution >= 0.6 is 7.82 Å². The Morgan fingerprint density at radius 3 is 1.43 bits per heavy atom. The van der Waals surface area contributed by atoms with Gasteiger partial charge in [-0.2, -0.15) is 0 Å². The van der Waals surface area contributed by atoms with Gasteiger partial charge in [-0.05, 0) is 44.9 Å². The summed E-state index contributed by atoms with van der Waals surface area (Å²) < 4.78 is 33.9. The normalized spacial score (nSPS) is 13.8. The van der Waals surface area contributed by atoms with Gasteiger partial charge in [0.05, 0.1) is 27.7 Å². The van der Waals surface area contributed by atoms with E-state index in [0.29, 0.717) is 23.9 Å². The molecule has 0 aromatic heterocycles. The van der Waals surface area contributed by atoms with Gasteiger partial charge in [0.25, 0.3) is 7.82 Å². The molecule has 0 rings (SSSR count). The van der Waals surface area contributed by atoms with Gasteiger partial charge in [0.2, 0.25) is 0 Å². The van der Waals surface area contributed by atoms with E-state index >= 15 is 0 Å². The number of esters is 2. The monoisotopic (exact) mass is 840 g/mol. The van der Waals surface area contributed by atoms with Crippen LogP contribution in [0.25, 0.3) is 0 Å². The molecule has 2 atom stereocenters. The average Bonchev–Trinajstić information content (AvgIpc) is 3.17. The molecule has 0 aliphatic heterocycles. The molecular formula is C48H90NO8P. The highest BCUT2D eigenvalue weighted by Crippen LogP contribution is 2.38. The SMILES string of the molecule is CCCCCCCC/C=C/C/C=C/C/C=C/CCCC(=O)OC[C@H](COP(=O)([O-])OCC[N+](C)(C)C)OC(=O)CCCCCCCCCCCCCCCCCCC. The van der Waals surface area contributed by atoms with Crippen LogP contribution < -0.4 is 4.89 Å². The van der Waals surface area contributed by atoms with Crippen molar-refractivity contribution in [1.82, 2.24) is 0 Å².